The lowest BCUT2D eigenvalue weighted by Crippen LogP contribution is -2.34. The van der Waals surface area contributed by atoms with Crippen LogP contribution in [0.5, 0.6) is 0 Å². The molecule has 1 atom stereocenters. The minimum atomic E-state index is -3.59. The molecule has 2 aromatic carbocycles. The van der Waals surface area contributed by atoms with E-state index in [4.69, 9.17) is 0 Å². The summed E-state index contributed by atoms with van der Waals surface area (Å²) in [5.74, 6) is -0.187. The van der Waals surface area contributed by atoms with Crippen molar-refractivity contribution in [1.82, 2.24) is 19.2 Å². The molecule has 4 aromatic rings. The summed E-state index contributed by atoms with van der Waals surface area (Å²) in [4.78, 5) is 17.6. The number of aromatic nitrogens is 2. The van der Waals surface area contributed by atoms with E-state index < -0.39 is 10.0 Å². The molecule has 7 nitrogen and oxygen atoms in total. The number of nitrogens with one attached hydrogen (secondary N) is 1. The molecule has 1 amide bonds. The predicted octanol–water partition coefficient (Wildman–Crippen LogP) is 4.09. The molecule has 0 aliphatic carbocycles. The van der Waals surface area contributed by atoms with Crippen LogP contribution >= 0.6 is 0 Å². The highest BCUT2D eigenvalue weighted by atomic mass is 32.2. The summed E-state index contributed by atoms with van der Waals surface area (Å²) >= 11 is 0. The van der Waals surface area contributed by atoms with Crippen LogP contribution in [0.15, 0.2) is 84.0 Å². The second-order valence-electron chi connectivity index (χ2n) is 8.88. The van der Waals surface area contributed by atoms with Gasteiger partial charge in [0.15, 0.2) is 0 Å². The highest BCUT2D eigenvalue weighted by Gasteiger charge is 2.21. The Hall–Kier alpha value is -3.49. The zero-order valence-corrected chi connectivity index (χ0v) is 21.0. The van der Waals surface area contributed by atoms with E-state index in [2.05, 4.69) is 22.4 Å². The van der Waals surface area contributed by atoms with Crippen molar-refractivity contribution in [1.29, 1.82) is 0 Å². The molecule has 182 valence electrons. The molecule has 2 heterocycles. The third kappa shape index (κ3) is 5.61. The Balaban J connectivity index is 1.64. The Morgan fingerprint density at radius 2 is 1.71 bits per heavy atom. The Morgan fingerprint density at radius 1 is 1.00 bits per heavy atom. The van der Waals surface area contributed by atoms with Gasteiger partial charge < -0.3 is 9.88 Å². The number of nitrogens with zero attached hydrogens (tertiary/aromatic N) is 3. The molecule has 0 saturated heterocycles. The van der Waals surface area contributed by atoms with Gasteiger partial charge in [0.25, 0.3) is 5.91 Å². The first-order valence-electron chi connectivity index (χ1n) is 11.5. The SMILES string of the molecule is C[C@@H](CCc1ccccc1)NC(=O)c1cc2cc(S(=O)(=O)N(C)C)ccc2n1Cc1ccncc1. The Labute approximate surface area is 206 Å². The van der Waals surface area contributed by atoms with E-state index in [1.54, 1.807) is 36.7 Å². The number of benzene rings is 2. The molecule has 1 N–H and O–H groups in total. The lowest BCUT2D eigenvalue weighted by Gasteiger charge is -2.16. The maximum atomic E-state index is 13.4. The number of aryl methyl sites for hydroxylation is 1. The molecule has 2 aromatic heterocycles. The van der Waals surface area contributed by atoms with Gasteiger partial charge in [0.1, 0.15) is 5.69 Å². The fourth-order valence-electron chi connectivity index (χ4n) is 4.05. The van der Waals surface area contributed by atoms with Gasteiger partial charge in [-0.2, -0.15) is 0 Å². The van der Waals surface area contributed by atoms with Crippen molar-refractivity contribution < 1.29 is 13.2 Å². The van der Waals surface area contributed by atoms with Crippen LogP contribution in [0.1, 0.15) is 35.0 Å². The Bertz CT molecular complexity index is 1420. The molecule has 4 rings (SSSR count). The topological polar surface area (TPSA) is 84.3 Å². The van der Waals surface area contributed by atoms with Crippen LogP contribution in [0, 0.1) is 0 Å². The van der Waals surface area contributed by atoms with Gasteiger partial charge >= 0.3 is 0 Å². The average molecular weight is 491 g/mol. The number of sulfonamides is 1. The van der Waals surface area contributed by atoms with E-state index in [-0.39, 0.29) is 16.8 Å². The number of pyridine rings is 1. The van der Waals surface area contributed by atoms with Gasteiger partial charge in [-0.3, -0.25) is 9.78 Å². The van der Waals surface area contributed by atoms with E-state index in [1.165, 1.54) is 24.0 Å². The van der Waals surface area contributed by atoms with E-state index in [0.29, 0.717) is 17.6 Å². The second-order valence-corrected chi connectivity index (χ2v) is 11.0. The van der Waals surface area contributed by atoms with Gasteiger partial charge in [0.05, 0.1) is 4.90 Å². The molecular formula is C27H30N4O3S. The molecule has 0 aliphatic rings. The first-order chi connectivity index (χ1) is 16.8. The van der Waals surface area contributed by atoms with E-state index >= 15 is 0 Å². The van der Waals surface area contributed by atoms with Gasteiger partial charge in [0.2, 0.25) is 10.0 Å². The molecule has 0 saturated carbocycles. The minimum Gasteiger partial charge on any atom is -0.348 e. The third-order valence-electron chi connectivity index (χ3n) is 6.06. The van der Waals surface area contributed by atoms with Crippen molar-refractivity contribution in [2.75, 3.05) is 14.1 Å². The van der Waals surface area contributed by atoms with E-state index in [9.17, 15) is 13.2 Å². The lowest BCUT2D eigenvalue weighted by atomic mass is 10.1. The number of rotatable bonds is 9. The number of hydrogen-bond donors (Lipinski definition) is 1. The van der Waals surface area contributed by atoms with Crippen LogP contribution in [0.25, 0.3) is 10.9 Å². The molecular weight excluding hydrogens is 460 g/mol. The smallest absolute Gasteiger partial charge is 0.268 e. The number of carbonyl (C=O) groups excluding carboxylic acids is 1. The molecule has 0 radical (unpaired) electrons. The first kappa shape index (κ1) is 24.6. The summed E-state index contributed by atoms with van der Waals surface area (Å²) in [7, 11) is -0.581. The number of carbonyl (C=O) groups is 1. The van der Waals surface area contributed by atoms with Crippen molar-refractivity contribution >= 4 is 26.8 Å². The number of fused-ring (bicyclic) bond motifs is 1. The summed E-state index contributed by atoms with van der Waals surface area (Å²) in [6.45, 7) is 2.46. The second kappa shape index (κ2) is 10.4. The zero-order valence-electron chi connectivity index (χ0n) is 20.2. The average Bonchev–Trinajstić information content (AvgIpc) is 3.21. The van der Waals surface area contributed by atoms with Crippen LogP contribution in [-0.4, -0.2) is 48.3 Å². The van der Waals surface area contributed by atoms with E-state index in [1.807, 2.05) is 41.8 Å². The highest BCUT2D eigenvalue weighted by molar-refractivity contribution is 7.89. The van der Waals surface area contributed by atoms with Crippen LogP contribution < -0.4 is 5.32 Å². The quantitative estimate of drug-likeness (QED) is 0.383. The standard InChI is InChI=1S/C27H30N4O3S/c1-20(9-10-21-7-5-4-6-8-21)29-27(32)26-18-23-17-24(35(33,34)30(2)3)11-12-25(23)31(26)19-22-13-15-28-16-14-22/h4-8,11-18,20H,9-10,19H2,1-3H3,(H,29,32)/t20-/m0/s1. The van der Waals surface area contributed by atoms with Crippen LogP contribution in [0.4, 0.5) is 0 Å². The van der Waals surface area contributed by atoms with Crippen molar-refractivity contribution in [3.63, 3.8) is 0 Å². The Kier molecular flexibility index (Phi) is 7.33. The first-order valence-corrected chi connectivity index (χ1v) is 13.0. The highest BCUT2D eigenvalue weighted by Crippen LogP contribution is 2.26. The van der Waals surface area contributed by atoms with Crippen LogP contribution in [-0.2, 0) is 23.0 Å². The largest absolute Gasteiger partial charge is 0.348 e. The maximum Gasteiger partial charge on any atom is 0.268 e. The fourth-order valence-corrected chi connectivity index (χ4v) is 4.98. The monoisotopic (exact) mass is 490 g/mol. The number of amides is 1. The summed E-state index contributed by atoms with van der Waals surface area (Å²) in [6, 6.07) is 20.7. The van der Waals surface area contributed by atoms with E-state index in [0.717, 1.165) is 23.9 Å². The molecule has 35 heavy (non-hydrogen) atoms. The summed E-state index contributed by atoms with van der Waals surface area (Å²) in [5.41, 5.74) is 3.51. The van der Waals surface area contributed by atoms with Crippen LogP contribution in [0.2, 0.25) is 0 Å². The summed E-state index contributed by atoms with van der Waals surface area (Å²) in [6.07, 6.45) is 5.11. The maximum absolute atomic E-state index is 13.4. The van der Waals surface area contributed by atoms with Gasteiger partial charge in [-0.25, -0.2) is 12.7 Å². The predicted molar refractivity (Wildman–Crippen MR) is 138 cm³/mol. The minimum absolute atomic E-state index is 0.0280. The number of hydrogen-bond acceptors (Lipinski definition) is 4. The molecule has 0 unspecified atom stereocenters. The van der Waals surface area contributed by atoms with Crippen molar-refractivity contribution in [3.8, 4) is 0 Å². The van der Waals surface area contributed by atoms with Crippen molar-refractivity contribution in [2.24, 2.45) is 0 Å². The molecule has 8 heteroatoms. The van der Waals surface area contributed by atoms with Gasteiger partial charge in [-0.15, -0.1) is 0 Å². The van der Waals surface area contributed by atoms with Crippen molar-refractivity contribution in [2.45, 2.75) is 37.2 Å². The van der Waals surface area contributed by atoms with Gasteiger partial charge in [0, 0.05) is 50.0 Å². The molecule has 0 fully saturated rings. The van der Waals surface area contributed by atoms with Crippen LogP contribution in [0.3, 0.4) is 0 Å². The molecule has 0 bridgehead atoms. The third-order valence-corrected chi connectivity index (χ3v) is 7.87. The normalized spacial score (nSPS) is 12.7. The summed E-state index contributed by atoms with van der Waals surface area (Å²) < 4.78 is 28.4. The van der Waals surface area contributed by atoms with Gasteiger partial charge in [-0.1, -0.05) is 30.3 Å². The van der Waals surface area contributed by atoms with Gasteiger partial charge in [-0.05, 0) is 67.3 Å². The summed E-state index contributed by atoms with van der Waals surface area (Å²) in [5, 5.41) is 3.82. The fraction of sp³-hybridized carbons (Fsp3) is 0.259. The molecule has 0 spiro atoms. The molecule has 0 aliphatic heterocycles. The Morgan fingerprint density at radius 3 is 2.40 bits per heavy atom. The zero-order chi connectivity index (χ0) is 25.0. The lowest BCUT2D eigenvalue weighted by molar-refractivity contribution is 0.0930. The van der Waals surface area contributed by atoms with Crippen molar-refractivity contribution in [3.05, 3.63) is 95.9 Å².